The molecule has 1 aromatic rings. The topological polar surface area (TPSA) is 57.6 Å². The molecule has 0 aliphatic carbocycles. The molecule has 1 N–H and O–H groups in total. The molecule has 0 saturated carbocycles. The molecule has 2 unspecified atom stereocenters. The Morgan fingerprint density at radius 1 is 1.35 bits per heavy atom. The predicted octanol–water partition coefficient (Wildman–Crippen LogP) is 1.82. The van der Waals surface area contributed by atoms with Crippen LogP contribution in [0.25, 0.3) is 0 Å². The van der Waals surface area contributed by atoms with Crippen LogP contribution in [0.4, 0.5) is 0 Å². The van der Waals surface area contributed by atoms with E-state index in [4.69, 9.17) is 0 Å². The average Bonchev–Trinajstić information content (AvgIpc) is 2.48. The maximum Gasteiger partial charge on any atom is 0.214 e. The lowest BCUT2D eigenvalue weighted by atomic mass is 10.0. The summed E-state index contributed by atoms with van der Waals surface area (Å²) in [4.78, 5) is 0. The fourth-order valence-electron chi connectivity index (χ4n) is 2.73. The summed E-state index contributed by atoms with van der Waals surface area (Å²) >= 11 is 0. The van der Waals surface area contributed by atoms with E-state index >= 15 is 0 Å². The molecule has 0 bridgehead atoms. The van der Waals surface area contributed by atoms with Gasteiger partial charge in [0, 0.05) is 19.7 Å². The van der Waals surface area contributed by atoms with Gasteiger partial charge in [-0.3, -0.25) is 0 Å². The van der Waals surface area contributed by atoms with Crippen molar-refractivity contribution in [3.05, 3.63) is 35.9 Å². The van der Waals surface area contributed by atoms with E-state index in [0.29, 0.717) is 13.1 Å². The van der Waals surface area contributed by atoms with E-state index in [1.165, 1.54) is 0 Å². The number of sulfonamides is 1. The Bertz CT molecular complexity index is 515. The van der Waals surface area contributed by atoms with Crippen LogP contribution in [0.2, 0.25) is 0 Å². The Hall–Kier alpha value is -0.910. The van der Waals surface area contributed by atoms with Gasteiger partial charge >= 0.3 is 0 Å². The average molecular weight is 297 g/mol. The van der Waals surface area contributed by atoms with E-state index in [1.54, 1.807) is 4.31 Å². The lowest BCUT2D eigenvalue weighted by molar-refractivity contribution is 0.165. The molecule has 4 nitrogen and oxygen atoms in total. The van der Waals surface area contributed by atoms with Gasteiger partial charge in [0.05, 0.1) is 5.75 Å². The van der Waals surface area contributed by atoms with Gasteiger partial charge in [0.2, 0.25) is 10.0 Å². The van der Waals surface area contributed by atoms with E-state index in [-0.39, 0.29) is 24.2 Å². The lowest BCUT2D eigenvalue weighted by Gasteiger charge is -2.31. The summed E-state index contributed by atoms with van der Waals surface area (Å²) in [5, 5.41) is 9.21. The molecule has 0 amide bonds. The third kappa shape index (κ3) is 3.81. The Morgan fingerprint density at radius 2 is 2.05 bits per heavy atom. The molecule has 0 spiro atoms. The minimum Gasteiger partial charge on any atom is -0.396 e. The quantitative estimate of drug-likeness (QED) is 0.902. The third-order valence-corrected chi connectivity index (χ3v) is 6.00. The zero-order valence-electron chi connectivity index (χ0n) is 11.9. The van der Waals surface area contributed by atoms with Gasteiger partial charge in [0.25, 0.3) is 0 Å². The molecule has 1 aromatic carbocycles. The molecule has 1 fully saturated rings. The van der Waals surface area contributed by atoms with Crippen molar-refractivity contribution in [2.45, 2.75) is 25.7 Å². The highest BCUT2D eigenvalue weighted by Gasteiger charge is 2.29. The first-order valence-corrected chi connectivity index (χ1v) is 8.77. The minimum atomic E-state index is -3.25. The zero-order chi connectivity index (χ0) is 14.6. The summed E-state index contributed by atoms with van der Waals surface area (Å²) in [6.45, 7) is 3.06. The van der Waals surface area contributed by atoms with E-state index in [9.17, 15) is 13.5 Å². The first-order valence-electron chi connectivity index (χ1n) is 7.16. The van der Waals surface area contributed by atoms with Crippen molar-refractivity contribution in [2.24, 2.45) is 5.92 Å². The van der Waals surface area contributed by atoms with Crippen LogP contribution >= 0.6 is 0 Å². The Labute approximate surface area is 121 Å². The smallest absolute Gasteiger partial charge is 0.214 e. The molecular formula is C15H23NO3S. The van der Waals surface area contributed by atoms with E-state index < -0.39 is 10.0 Å². The van der Waals surface area contributed by atoms with Gasteiger partial charge in [-0.2, -0.15) is 0 Å². The number of aliphatic hydroxyl groups is 1. The number of hydrogen-bond donors (Lipinski definition) is 1. The SMILES string of the molecule is CC(CS(=O)(=O)N1CCCC(CO)C1)c1ccccc1. The second-order valence-corrected chi connectivity index (χ2v) is 7.65. The third-order valence-electron chi connectivity index (χ3n) is 3.96. The number of benzene rings is 1. The minimum absolute atomic E-state index is 0.0179. The van der Waals surface area contributed by atoms with Crippen LogP contribution in [0.15, 0.2) is 30.3 Å². The molecule has 5 heteroatoms. The molecule has 112 valence electrons. The van der Waals surface area contributed by atoms with Gasteiger partial charge in [-0.1, -0.05) is 37.3 Å². The molecule has 1 heterocycles. The standard InChI is InChI=1S/C15H23NO3S/c1-13(15-7-3-2-4-8-15)12-20(18,19)16-9-5-6-14(10-16)11-17/h2-4,7-8,13-14,17H,5-6,9-12H2,1H3. The van der Waals surface area contributed by atoms with Crippen molar-refractivity contribution in [3.8, 4) is 0 Å². The second kappa shape index (κ2) is 6.70. The first-order chi connectivity index (χ1) is 9.53. The fourth-order valence-corrected chi connectivity index (χ4v) is 4.61. The normalized spacial score (nSPS) is 22.6. The molecule has 1 aliphatic rings. The molecule has 20 heavy (non-hydrogen) atoms. The maximum absolute atomic E-state index is 12.5. The largest absolute Gasteiger partial charge is 0.396 e. The Balaban J connectivity index is 2.03. The van der Waals surface area contributed by atoms with Crippen LogP contribution < -0.4 is 0 Å². The monoisotopic (exact) mass is 297 g/mol. The fraction of sp³-hybridized carbons (Fsp3) is 0.600. The molecule has 0 radical (unpaired) electrons. The molecule has 1 aliphatic heterocycles. The van der Waals surface area contributed by atoms with Crippen molar-refractivity contribution in [2.75, 3.05) is 25.4 Å². The molecule has 2 rings (SSSR count). The number of piperidine rings is 1. The summed E-state index contributed by atoms with van der Waals surface area (Å²) in [6.07, 6.45) is 1.75. The number of hydrogen-bond acceptors (Lipinski definition) is 3. The predicted molar refractivity (Wildman–Crippen MR) is 80.0 cm³/mol. The van der Waals surface area contributed by atoms with Crippen molar-refractivity contribution in [3.63, 3.8) is 0 Å². The maximum atomic E-state index is 12.5. The summed E-state index contributed by atoms with van der Waals surface area (Å²) in [5.41, 5.74) is 1.05. The van der Waals surface area contributed by atoms with Gasteiger partial charge in [0.1, 0.15) is 0 Å². The van der Waals surface area contributed by atoms with Crippen LogP contribution in [0, 0.1) is 5.92 Å². The van der Waals surface area contributed by atoms with Crippen LogP contribution in [0.5, 0.6) is 0 Å². The van der Waals surface area contributed by atoms with Crippen molar-refractivity contribution >= 4 is 10.0 Å². The number of nitrogens with zero attached hydrogens (tertiary/aromatic N) is 1. The van der Waals surface area contributed by atoms with E-state index in [0.717, 1.165) is 18.4 Å². The Morgan fingerprint density at radius 3 is 2.70 bits per heavy atom. The van der Waals surface area contributed by atoms with Crippen molar-refractivity contribution < 1.29 is 13.5 Å². The van der Waals surface area contributed by atoms with Crippen molar-refractivity contribution in [1.29, 1.82) is 0 Å². The summed E-state index contributed by atoms with van der Waals surface area (Å²) in [6, 6.07) is 9.73. The molecule has 2 atom stereocenters. The summed E-state index contributed by atoms with van der Waals surface area (Å²) in [7, 11) is -3.25. The van der Waals surface area contributed by atoms with Gasteiger partial charge in [-0.25, -0.2) is 12.7 Å². The van der Waals surface area contributed by atoms with Crippen LogP contribution in [0.1, 0.15) is 31.2 Å². The highest BCUT2D eigenvalue weighted by atomic mass is 32.2. The van der Waals surface area contributed by atoms with Gasteiger partial charge in [-0.05, 0) is 30.2 Å². The van der Waals surface area contributed by atoms with Crippen LogP contribution in [-0.4, -0.2) is 43.3 Å². The van der Waals surface area contributed by atoms with Gasteiger partial charge in [0.15, 0.2) is 0 Å². The molecule has 0 aromatic heterocycles. The molecule has 1 saturated heterocycles. The number of rotatable bonds is 5. The van der Waals surface area contributed by atoms with E-state index in [2.05, 4.69) is 0 Å². The van der Waals surface area contributed by atoms with Gasteiger partial charge in [-0.15, -0.1) is 0 Å². The van der Waals surface area contributed by atoms with Crippen molar-refractivity contribution in [1.82, 2.24) is 4.31 Å². The first kappa shape index (κ1) is 15.5. The highest BCUT2D eigenvalue weighted by Crippen LogP contribution is 2.23. The highest BCUT2D eigenvalue weighted by molar-refractivity contribution is 7.89. The second-order valence-electron chi connectivity index (χ2n) is 5.64. The van der Waals surface area contributed by atoms with Crippen LogP contribution in [-0.2, 0) is 10.0 Å². The number of aliphatic hydroxyl groups excluding tert-OH is 1. The zero-order valence-corrected chi connectivity index (χ0v) is 12.7. The van der Waals surface area contributed by atoms with E-state index in [1.807, 2.05) is 37.3 Å². The summed E-state index contributed by atoms with van der Waals surface area (Å²) in [5.74, 6) is 0.205. The Kier molecular flexibility index (Phi) is 5.18. The summed E-state index contributed by atoms with van der Waals surface area (Å²) < 4.78 is 26.5. The lowest BCUT2D eigenvalue weighted by Crippen LogP contribution is -2.42. The van der Waals surface area contributed by atoms with Crippen LogP contribution in [0.3, 0.4) is 0 Å². The van der Waals surface area contributed by atoms with Gasteiger partial charge < -0.3 is 5.11 Å². The molecular weight excluding hydrogens is 274 g/mol.